The van der Waals surface area contributed by atoms with E-state index in [4.69, 9.17) is 0 Å². The number of pyridine rings is 1. The Morgan fingerprint density at radius 3 is 2.89 bits per heavy atom. The van der Waals surface area contributed by atoms with Gasteiger partial charge in [0.2, 0.25) is 0 Å². The number of aromatic nitrogens is 1. The van der Waals surface area contributed by atoms with Crippen molar-refractivity contribution >= 4 is 0 Å². The topological polar surface area (TPSA) is 24.9 Å². The predicted molar refractivity (Wildman–Crippen MR) is 81.1 cm³/mol. The second-order valence-electron chi connectivity index (χ2n) is 6.00. The summed E-state index contributed by atoms with van der Waals surface area (Å²) in [5.74, 6) is 0.974. The van der Waals surface area contributed by atoms with Crippen molar-refractivity contribution in [2.75, 3.05) is 0 Å². The number of nitrogens with zero attached hydrogens (tertiary/aromatic N) is 1. The van der Waals surface area contributed by atoms with Crippen molar-refractivity contribution in [3.63, 3.8) is 0 Å². The number of nitrogens with one attached hydrogen (secondary N) is 1. The normalized spacial score (nSPS) is 25.8. The van der Waals surface area contributed by atoms with Crippen LogP contribution in [0.25, 0.3) is 0 Å². The van der Waals surface area contributed by atoms with Crippen LogP contribution in [0.5, 0.6) is 0 Å². The first-order valence-electron chi connectivity index (χ1n) is 7.96. The van der Waals surface area contributed by atoms with Crippen molar-refractivity contribution in [1.29, 1.82) is 0 Å². The second-order valence-corrected chi connectivity index (χ2v) is 6.00. The van der Waals surface area contributed by atoms with E-state index in [0.717, 1.165) is 11.6 Å². The zero-order valence-electron chi connectivity index (χ0n) is 12.4. The summed E-state index contributed by atoms with van der Waals surface area (Å²) >= 11 is 0. The van der Waals surface area contributed by atoms with Crippen LogP contribution in [0.2, 0.25) is 0 Å². The van der Waals surface area contributed by atoms with Crippen LogP contribution in [0, 0.1) is 5.92 Å². The molecule has 0 bridgehead atoms. The SMILES string of the molecule is CCCC1CCCC(N[C@H](C)c2ccccn2)CC1. The zero-order chi connectivity index (χ0) is 13.5. The molecule has 0 radical (unpaired) electrons. The van der Waals surface area contributed by atoms with Crippen LogP contribution < -0.4 is 5.32 Å². The molecule has 3 atom stereocenters. The summed E-state index contributed by atoms with van der Waals surface area (Å²) in [6.07, 6.45) is 11.5. The van der Waals surface area contributed by atoms with Gasteiger partial charge in [-0.25, -0.2) is 0 Å². The van der Waals surface area contributed by atoms with E-state index in [1.807, 2.05) is 12.3 Å². The lowest BCUT2D eigenvalue weighted by atomic mass is 9.95. The maximum Gasteiger partial charge on any atom is 0.0570 e. The van der Waals surface area contributed by atoms with E-state index in [2.05, 4.69) is 36.3 Å². The van der Waals surface area contributed by atoms with Crippen LogP contribution >= 0.6 is 0 Å². The monoisotopic (exact) mass is 260 g/mol. The van der Waals surface area contributed by atoms with Gasteiger partial charge in [0.05, 0.1) is 5.69 Å². The zero-order valence-corrected chi connectivity index (χ0v) is 12.4. The molecule has 0 saturated heterocycles. The molecule has 0 aliphatic heterocycles. The minimum atomic E-state index is 0.369. The Kier molecular flexibility index (Phi) is 5.84. The van der Waals surface area contributed by atoms with Gasteiger partial charge in [-0.2, -0.15) is 0 Å². The maximum atomic E-state index is 4.45. The lowest BCUT2D eigenvalue weighted by molar-refractivity contribution is 0.390. The molecule has 1 heterocycles. The first kappa shape index (κ1) is 14.5. The number of hydrogen-bond acceptors (Lipinski definition) is 2. The van der Waals surface area contributed by atoms with Gasteiger partial charge in [-0.3, -0.25) is 4.98 Å². The molecule has 1 N–H and O–H groups in total. The van der Waals surface area contributed by atoms with Crippen LogP contribution in [-0.2, 0) is 0 Å². The van der Waals surface area contributed by atoms with Crippen LogP contribution in [0.1, 0.15) is 70.5 Å². The molecule has 1 aromatic rings. The molecule has 2 nitrogen and oxygen atoms in total. The predicted octanol–water partition coefficient (Wildman–Crippen LogP) is 4.48. The summed E-state index contributed by atoms with van der Waals surface area (Å²) in [5.41, 5.74) is 1.16. The lowest BCUT2D eigenvalue weighted by Crippen LogP contribution is -2.31. The average Bonchev–Trinajstić information content (AvgIpc) is 2.66. The highest BCUT2D eigenvalue weighted by molar-refractivity contribution is 5.07. The van der Waals surface area contributed by atoms with Crippen molar-refractivity contribution in [2.45, 2.75) is 70.9 Å². The molecule has 2 unspecified atom stereocenters. The Morgan fingerprint density at radius 2 is 2.16 bits per heavy atom. The van der Waals surface area contributed by atoms with Gasteiger partial charge in [0.1, 0.15) is 0 Å². The van der Waals surface area contributed by atoms with Crippen LogP contribution in [0.4, 0.5) is 0 Å². The van der Waals surface area contributed by atoms with Crippen LogP contribution in [0.15, 0.2) is 24.4 Å². The van der Waals surface area contributed by atoms with Gasteiger partial charge >= 0.3 is 0 Å². The van der Waals surface area contributed by atoms with Gasteiger partial charge in [0.25, 0.3) is 0 Å². The van der Waals surface area contributed by atoms with Gasteiger partial charge < -0.3 is 5.32 Å². The highest BCUT2D eigenvalue weighted by Crippen LogP contribution is 2.27. The van der Waals surface area contributed by atoms with Crippen molar-refractivity contribution < 1.29 is 0 Å². The van der Waals surface area contributed by atoms with Gasteiger partial charge in [-0.15, -0.1) is 0 Å². The molecule has 0 spiro atoms. The third-order valence-electron chi connectivity index (χ3n) is 4.40. The largest absolute Gasteiger partial charge is 0.306 e. The second kappa shape index (κ2) is 7.64. The number of rotatable bonds is 5. The van der Waals surface area contributed by atoms with E-state index >= 15 is 0 Å². The van der Waals surface area contributed by atoms with Crippen LogP contribution in [-0.4, -0.2) is 11.0 Å². The fraction of sp³-hybridized carbons (Fsp3) is 0.706. The van der Waals surface area contributed by atoms with E-state index in [1.54, 1.807) is 0 Å². The van der Waals surface area contributed by atoms with E-state index in [9.17, 15) is 0 Å². The van der Waals surface area contributed by atoms with Gasteiger partial charge in [-0.05, 0) is 44.2 Å². The fourth-order valence-corrected chi connectivity index (χ4v) is 3.31. The van der Waals surface area contributed by atoms with Crippen molar-refractivity contribution in [3.8, 4) is 0 Å². The molecule has 2 heteroatoms. The Labute approximate surface area is 118 Å². The minimum Gasteiger partial charge on any atom is -0.306 e. The summed E-state index contributed by atoms with van der Waals surface area (Å²) in [6.45, 7) is 4.54. The van der Waals surface area contributed by atoms with Crippen molar-refractivity contribution in [2.24, 2.45) is 5.92 Å². The molecule has 106 valence electrons. The molecule has 1 saturated carbocycles. The van der Waals surface area contributed by atoms with Gasteiger partial charge in [-0.1, -0.05) is 38.7 Å². The molecule has 19 heavy (non-hydrogen) atoms. The molecular formula is C17H28N2. The summed E-state index contributed by atoms with van der Waals surface area (Å²) in [7, 11) is 0. The smallest absolute Gasteiger partial charge is 0.0570 e. The summed E-state index contributed by atoms with van der Waals surface area (Å²) in [6, 6.07) is 7.23. The Bertz CT molecular complexity index is 350. The third-order valence-corrected chi connectivity index (χ3v) is 4.40. The molecule has 1 fully saturated rings. The number of hydrogen-bond donors (Lipinski definition) is 1. The molecule has 0 aromatic carbocycles. The highest BCUT2D eigenvalue weighted by Gasteiger charge is 2.20. The Morgan fingerprint density at radius 1 is 1.26 bits per heavy atom. The van der Waals surface area contributed by atoms with Crippen molar-refractivity contribution in [1.82, 2.24) is 10.3 Å². The standard InChI is InChI=1S/C17H28N2/c1-3-7-15-8-6-9-16(12-11-15)19-14(2)17-10-4-5-13-18-17/h4-5,10,13-16,19H,3,6-9,11-12H2,1-2H3/t14-,15?,16?/m1/s1. The first-order chi connectivity index (χ1) is 9.29. The van der Waals surface area contributed by atoms with E-state index < -0.39 is 0 Å². The van der Waals surface area contributed by atoms with E-state index in [0.29, 0.717) is 12.1 Å². The fourth-order valence-electron chi connectivity index (χ4n) is 3.31. The van der Waals surface area contributed by atoms with Crippen LogP contribution in [0.3, 0.4) is 0 Å². The minimum absolute atomic E-state index is 0.369. The molecule has 0 amide bonds. The maximum absolute atomic E-state index is 4.45. The van der Waals surface area contributed by atoms with Gasteiger partial charge in [0, 0.05) is 18.3 Å². The molecule has 1 aliphatic rings. The van der Waals surface area contributed by atoms with Crippen molar-refractivity contribution in [3.05, 3.63) is 30.1 Å². The van der Waals surface area contributed by atoms with Gasteiger partial charge in [0.15, 0.2) is 0 Å². The summed E-state index contributed by atoms with van der Waals surface area (Å²) < 4.78 is 0. The Balaban J connectivity index is 1.83. The van der Waals surface area contributed by atoms with E-state index in [-0.39, 0.29) is 0 Å². The summed E-state index contributed by atoms with van der Waals surface area (Å²) in [4.78, 5) is 4.45. The summed E-state index contributed by atoms with van der Waals surface area (Å²) in [5, 5.41) is 3.78. The Hall–Kier alpha value is -0.890. The molecule has 1 aromatic heterocycles. The lowest BCUT2D eigenvalue weighted by Gasteiger charge is -2.22. The first-order valence-corrected chi connectivity index (χ1v) is 7.96. The van der Waals surface area contributed by atoms with E-state index in [1.165, 1.54) is 44.9 Å². The molecule has 2 rings (SSSR count). The third kappa shape index (κ3) is 4.61. The molecular weight excluding hydrogens is 232 g/mol. The highest BCUT2D eigenvalue weighted by atomic mass is 15.0. The average molecular weight is 260 g/mol. The molecule has 1 aliphatic carbocycles. The quantitative estimate of drug-likeness (QED) is 0.789.